The van der Waals surface area contributed by atoms with E-state index in [2.05, 4.69) is 53.1 Å². The van der Waals surface area contributed by atoms with Gasteiger partial charge in [0.1, 0.15) is 0 Å². The summed E-state index contributed by atoms with van der Waals surface area (Å²) < 4.78 is 2.73. The maximum Gasteiger partial charge on any atom is 0.255 e. The monoisotopic (exact) mass is 459 g/mol. The van der Waals surface area contributed by atoms with Crippen LogP contribution in [0.25, 0.3) is 0 Å². The van der Waals surface area contributed by atoms with E-state index in [0.29, 0.717) is 5.56 Å². The summed E-state index contributed by atoms with van der Waals surface area (Å²) in [5, 5.41) is 2.98. The van der Waals surface area contributed by atoms with Crippen LogP contribution in [0.3, 0.4) is 0 Å². The van der Waals surface area contributed by atoms with Crippen molar-refractivity contribution in [3.8, 4) is 0 Å². The Labute approximate surface area is 143 Å². The number of carbonyl (C=O) groups excluding carboxylic acids is 1. The molecule has 0 aliphatic rings. The number of nitrogens with one attached hydrogen (secondary N) is 1. The molecule has 0 unspecified atom stereocenters. The number of hydrogen-bond donors (Lipinski definition) is 1. The standard InChI is InChI=1S/C15H12Br3NO/c1-8-3-11(16)4-9(2)14(8)19-15(20)10-5-12(17)7-13(18)6-10/h3-7H,1-2H3,(H,19,20). The van der Waals surface area contributed by atoms with Crippen LogP contribution in [0.1, 0.15) is 21.5 Å². The molecular weight excluding hydrogens is 450 g/mol. The molecule has 20 heavy (non-hydrogen) atoms. The van der Waals surface area contributed by atoms with Gasteiger partial charge in [0.2, 0.25) is 0 Å². The highest BCUT2D eigenvalue weighted by atomic mass is 79.9. The average Bonchev–Trinajstić information content (AvgIpc) is 2.32. The van der Waals surface area contributed by atoms with Gasteiger partial charge in [0.15, 0.2) is 0 Å². The molecule has 0 fully saturated rings. The molecule has 0 saturated heterocycles. The molecule has 0 atom stereocenters. The van der Waals surface area contributed by atoms with Crippen LogP contribution in [0.15, 0.2) is 43.7 Å². The molecule has 0 aliphatic heterocycles. The minimum Gasteiger partial charge on any atom is -0.322 e. The molecule has 2 aromatic carbocycles. The molecule has 0 aliphatic carbocycles. The summed E-state index contributed by atoms with van der Waals surface area (Å²) in [7, 11) is 0. The molecule has 0 aromatic heterocycles. The lowest BCUT2D eigenvalue weighted by atomic mass is 10.1. The highest BCUT2D eigenvalue weighted by molar-refractivity contribution is 9.11. The van der Waals surface area contributed by atoms with E-state index < -0.39 is 0 Å². The summed E-state index contributed by atoms with van der Waals surface area (Å²) in [5.74, 6) is -0.125. The Morgan fingerprint density at radius 1 is 0.850 bits per heavy atom. The first-order valence-corrected chi connectivity index (χ1v) is 8.29. The van der Waals surface area contributed by atoms with Gasteiger partial charge < -0.3 is 5.32 Å². The second-order valence-corrected chi connectivity index (χ2v) is 7.27. The minimum atomic E-state index is -0.125. The van der Waals surface area contributed by atoms with Crippen LogP contribution in [0.4, 0.5) is 5.69 Å². The molecule has 104 valence electrons. The van der Waals surface area contributed by atoms with Gasteiger partial charge in [-0.15, -0.1) is 0 Å². The highest BCUT2D eigenvalue weighted by Gasteiger charge is 2.11. The molecule has 1 N–H and O–H groups in total. The summed E-state index contributed by atoms with van der Waals surface area (Å²) in [6.07, 6.45) is 0. The topological polar surface area (TPSA) is 29.1 Å². The van der Waals surface area contributed by atoms with Crippen molar-refractivity contribution in [1.29, 1.82) is 0 Å². The second kappa shape index (κ2) is 6.41. The van der Waals surface area contributed by atoms with E-state index >= 15 is 0 Å². The second-order valence-electron chi connectivity index (χ2n) is 4.53. The van der Waals surface area contributed by atoms with Crippen molar-refractivity contribution in [1.82, 2.24) is 0 Å². The van der Waals surface area contributed by atoms with Crippen LogP contribution in [0.2, 0.25) is 0 Å². The molecule has 0 saturated carbocycles. The molecular formula is C15H12Br3NO. The minimum absolute atomic E-state index is 0.125. The number of benzene rings is 2. The third-order valence-corrected chi connectivity index (χ3v) is 4.23. The van der Waals surface area contributed by atoms with E-state index in [-0.39, 0.29) is 5.91 Å². The Balaban J connectivity index is 2.32. The Bertz CT molecular complexity index is 640. The largest absolute Gasteiger partial charge is 0.322 e. The summed E-state index contributed by atoms with van der Waals surface area (Å²) in [5.41, 5.74) is 3.51. The average molecular weight is 462 g/mol. The Morgan fingerprint density at radius 2 is 1.30 bits per heavy atom. The van der Waals surface area contributed by atoms with Crippen LogP contribution < -0.4 is 5.32 Å². The zero-order valence-electron chi connectivity index (χ0n) is 10.9. The van der Waals surface area contributed by atoms with Gasteiger partial charge in [-0.25, -0.2) is 0 Å². The van der Waals surface area contributed by atoms with Gasteiger partial charge in [0.25, 0.3) is 5.91 Å². The fraction of sp³-hybridized carbons (Fsp3) is 0.133. The summed E-state index contributed by atoms with van der Waals surface area (Å²) >= 11 is 10.2. The number of rotatable bonds is 2. The van der Waals surface area contributed by atoms with Crippen LogP contribution in [-0.2, 0) is 0 Å². The van der Waals surface area contributed by atoms with Crippen LogP contribution in [-0.4, -0.2) is 5.91 Å². The number of hydrogen-bond acceptors (Lipinski definition) is 1. The summed E-state index contributed by atoms with van der Waals surface area (Å²) in [4.78, 5) is 12.3. The van der Waals surface area contributed by atoms with E-state index in [4.69, 9.17) is 0 Å². The van der Waals surface area contributed by atoms with E-state index in [0.717, 1.165) is 30.2 Å². The fourth-order valence-electron chi connectivity index (χ4n) is 1.98. The van der Waals surface area contributed by atoms with Crippen LogP contribution in [0.5, 0.6) is 0 Å². The summed E-state index contributed by atoms with van der Waals surface area (Å²) in [6.45, 7) is 3.95. The third kappa shape index (κ3) is 3.71. The van der Waals surface area contributed by atoms with Crippen molar-refractivity contribution in [3.63, 3.8) is 0 Å². The summed E-state index contributed by atoms with van der Waals surface area (Å²) in [6, 6.07) is 9.46. The third-order valence-electron chi connectivity index (χ3n) is 2.86. The SMILES string of the molecule is Cc1cc(Br)cc(C)c1NC(=O)c1cc(Br)cc(Br)c1. The molecule has 0 bridgehead atoms. The first-order valence-electron chi connectivity index (χ1n) is 5.91. The predicted molar refractivity (Wildman–Crippen MR) is 93.4 cm³/mol. The normalized spacial score (nSPS) is 10.4. The van der Waals surface area contributed by atoms with Crippen molar-refractivity contribution in [3.05, 3.63) is 60.4 Å². The Morgan fingerprint density at radius 3 is 1.80 bits per heavy atom. The predicted octanol–water partition coefficient (Wildman–Crippen LogP) is 5.84. The van der Waals surface area contributed by atoms with E-state index in [1.807, 2.05) is 32.0 Å². The number of amides is 1. The van der Waals surface area contributed by atoms with E-state index in [1.54, 1.807) is 12.1 Å². The van der Waals surface area contributed by atoms with Crippen molar-refractivity contribution < 1.29 is 4.79 Å². The fourth-order valence-corrected chi connectivity index (χ4v) is 3.96. The van der Waals surface area contributed by atoms with Crippen molar-refractivity contribution in [2.24, 2.45) is 0 Å². The molecule has 2 nitrogen and oxygen atoms in total. The van der Waals surface area contributed by atoms with Gasteiger partial charge in [-0.2, -0.15) is 0 Å². The van der Waals surface area contributed by atoms with Gasteiger partial charge in [0, 0.05) is 24.7 Å². The van der Waals surface area contributed by atoms with E-state index in [1.165, 1.54) is 0 Å². The Hall–Kier alpha value is -0.650. The molecule has 2 rings (SSSR count). The van der Waals surface area contributed by atoms with Gasteiger partial charge in [-0.05, 0) is 55.3 Å². The van der Waals surface area contributed by atoms with Crippen molar-refractivity contribution in [2.75, 3.05) is 5.32 Å². The van der Waals surface area contributed by atoms with Gasteiger partial charge in [0.05, 0.1) is 0 Å². The molecule has 2 aromatic rings. The molecule has 0 spiro atoms. The highest BCUT2D eigenvalue weighted by Crippen LogP contribution is 2.26. The van der Waals surface area contributed by atoms with Gasteiger partial charge in [-0.1, -0.05) is 47.8 Å². The smallest absolute Gasteiger partial charge is 0.255 e. The van der Waals surface area contributed by atoms with Crippen LogP contribution in [0, 0.1) is 13.8 Å². The maximum absolute atomic E-state index is 12.3. The number of aryl methyl sites for hydroxylation is 2. The zero-order chi connectivity index (χ0) is 14.9. The van der Waals surface area contributed by atoms with Gasteiger partial charge >= 0.3 is 0 Å². The van der Waals surface area contributed by atoms with Crippen molar-refractivity contribution >= 4 is 59.4 Å². The van der Waals surface area contributed by atoms with Gasteiger partial charge in [-0.3, -0.25) is 4.79 Å². The molecule has 0 heterocycles. The maximum atomic E-state index is 12.3. The van der Waals surface area contributed by atoms with Crippen molar-refractivity contribution in [2.45, 2.75) is 13.8 Å². The lowest BCUT2D eigenvalue weighted by Crippen LogP contribution is -2.14. The van der Waals surface area contributed by atoms with E-state index in [9.17, 15) is 4.79 Å². The Kier molecular flexibility index (Phi) is 5.04. The quantitative estimate of drug-likeness (QED) is 0.597. The zero-order valence-corrected chi connectivity index (χ0v) is 15.7. The molecule has 0 radical (unpaired) electrons. The molecule has 1 amide bonds. The number of anilines is 1. The first-order chi connectivity index (χ1) is 9.36. The lowest BCUT2D eigenvalue weighted by molar-refractivity contribution is 0.102. The number of carbonyl (C=O) groups is 1. The lowest BCUT2D eigenvalue weighted by Gasteiger charge is -2.12. The molecule has 5 heteroatoms. The van der Waals surface area contributed by atoms with Crippen LogP contribution >= 0.6 is 47.8 Å². The number of halogens is 3. The first kappa shape index (κ1) is 15.7.